The van der Waals surface area contributed by atoms with Gasteiger partial charge in [-0.05, 0) is 21.6 Å². The molecule has 1 saturated carbocycles. The summed E-state index contributed by atoms with van der Waals surface area (Å²) in [5.74, 6) is 0.559. The highest BCUT2D eigenvalue weighted by molar-refractivity contribution is 7.35. The van der Waals surface area contributed by atoms with E-state index in [1.54, 1.807) is 0 Å². The highest BCUT2D eigenvalue weighted by atomic mass is 31.1. The number of likely N-dealkylation sites (N-methyl/N-ethyl adjacent to an activating group) is 1. The van der Waals surface area contributed by atoms with Crippen molar-refractivity contribution in [3.8, 4) is 0 Å². The minimum Gasteiger partial charge on any atom is -0.373 e. The molecule has 3 atom stereocenters. The largest absolute Gasteiger partial charge is 0.615 e. The molecule has 16 heavy (non-hydrogen) atoms. The summed E-state index contributed by atoms with van der Waals surface area (Å²) in [6.45, 7) is 0. The molecule has 0 radical (unpaired) electrons. The van der Waals surface area contributed by atoms with Crippen molar-refractivity contribution in [1.29, 1.82) is 0 Å². The Kier molecular flexibility index (Phi) is 5.79. The van der Waals surface area contributed by atoms with E-state index in [9.17, 15) is 9.67 Å². The fourth-order valence-corrected chi connectivity index (χ4v) is 2.68. The fraction of sp³-hybridized carbons (Fsp3) is 1.00. The van der Waals surface area contributed by atoms with E-state index < -0.39 is 20.4 Å². The monoisotopic (exact) mass is 249 g/mol. The fourth-order valence-electron chi connectivity index (χ4n) is 2.31. The van der Waals surface area contributed by atoms with Crippen molar-refractivity contribution in [2.75, 3.05) is 7.05 Å². The first-order valence-corrected chi connectivity index (χ1v) is 7.01. The SMILES string of the molecule is CN(C(O)[C@@H](N)CC1CCCCC1)[P+](=O)O. The van der Waals surface area contributed by atoms with E-state index in [0.29, 0.717) is 5.92 Å². The van der Waals surface area contributed by atoms with Gasteiger partial charge in [0.1, 0.15) is 0 Å². The van der Waals surface area contributed by atoms with Gasteiger partial charge in [-0.2, -0.15) is 0 Å². The number of nitrogens with two attached hydrogens (primary N) is 1. The molecule has 0 aliphatic heterocycles. The molecule has 0 aromatic carbocycles. The predicted octanol–water partition coefficient (Wildman–Crippen LogP) is 1.18. The van der Waals surface area contributed by atoms with Gasteiger partial charge in [-0.3, -0.25) is 0 Å². The van der Waals surface area contributed by atoms with E-state index in [-0.39, 0.29) is 0 Å². The molecule has 0 aromatic rings. The van der Waals surface area contributed by atoms with Crippen LogP contribution in [-0.2, 0) is 4.57 Å². The van der Waals surface area contributed by atoms with Crippen LogP contribution in [0.5, 0.6) is 0 Å². The first kappa shape index (κ1) is 14.0. The maximum absolute atomic E-state index is 10.8. The minimum atomic E-state index is -2.50. The van der Waals surface area contributed by atoms with Crippen molar-refractivity contribution in [2.24, 2.45) is 11.7 Å². The van der Waals surface area contributed by atoms with E-state index >= 15 is 0 Å². The Morgan fingerprint density at radius 2 is 2.00 bits per heavy atom. The molecule has 94 valence electrons. The molecule has 0 spiro atoms. The summed E-state index contributed by atoms with van der Waals surface area (Å²) in [4.78, 5) is 8.87. The van der Waals surface area contributed by atoms with Gasteiger partial charge in [-0.25, -0.2) is 0 Å². The normalized spacial score (nSPS) is 23.2. The molecule has 1 rings (SSSR count). The third kappa shape index (κ3) is 4.07. The second kappa shape index (κ2) is 6.62. The van der Waals surface area contributed by atoms with Gasteiger partial charge in [0.15, 0.2) is 6.23 Å². The quantitative estimate of drug-likeness (QED) is 0.503. The topological polar surface area (TPSA) is 86.8 Å². The van der Waals surface area contributed by atoms with Crippen molar-refractivity contribution >= 4 is 8.18 Å². The van der Waals surface area contributed by atoms with E-state index in [4.69, 9.17) is 10.6 Å². The van der Waals surface area contributed by atoms with Crippen molar-refractivity contribution in [2.45, 2.75) is 50.8 Å². The van der Waals surface area contributed by atoms with E-state index in [1.807, 2.05) is 0 Å². The highest BCUT2D eigenvalue weighted by Gasteiger charge is 2.33. The van der Waals surface area contributed by atoms with Crippen LogP contribution in [0.3, 0.4) is 0 Å². The van der Waals surface area contributed by atoms with Crippen LogP contribution in [0.1, 0.15) is 38.5 Å². The molecular formula is C10H22N2O3P+. The lowest BCUT2D eigenvalue weighted by atomic mass is 9.84. The molecular weight excluding hydrogens is 227 g/mol. The molecule has 0 amide bonds. The van der Waals surface area contributed by atoms with Crippen LogP contribution in [-0.4, -0.2) is 34.0 Å². The molecule has 2 unspecified atom stereocenters. The summed E-state index contributed by atoms with van der Waals surface area (Å²) >= 11 is 0. The lowest BCUT2D eigenvalue weighted by Gasteiger charge is -2.27. The van der Waals surface area contributed by atoms with E-state index in [0.717, 1.165) is 23.9 Å². The molecule has 0 saturated heterocycles. The molecule has 5 nitrogen and oxygen atoms in total. The minimum absolute atomic E-state index is 0.445. The summed E-state index contributed by atoms with van der Waals surface area (Å²) in [6, 6.07) is -0.445. The smallest absolute Gasteiger partial charge is 0.373 e. The summed E-state index contributed by atoms with van der Waals surface area (Å²) in [5, 5.41) is 9.74. The second-order valence-electron chi connectivity index (χ2n) is 4.64. The molecule has 4 N–H and O–H groups in total. The molecule has 1 aliphatic rings. The number of hydrogen-bond donors (Lipinski definition) is 3. The van der Waals surface area contributed by atoms with Crippen molar-refractivity contribution in [1.82, 2.24) is 4.67 Å². The molecule has 1 fully saturated rings. The van der Waals surface area contributed by atoms with E-state index in [2.05, 4.69) is 0 Å². The van der Waals surface area contributed by atoms with Crippen LogP contribution in [0.15, 0.2) is 0 Å². The summed E-state index contributed by atoms with van der Waals surface area (Å²) in [6.07, 6.45) is 5.78. The Morgan fingerprint density at radius 1 is 1.44 bits per heavy atom. The Balaban J connectivity index is 2.37. The Bertz CT molecular complexity index is 234. The van der Waals surface area contributed by atoms with E-state index in [1.165, 1.54) is 26.3 Å². The summed E-state index contributed by atoms with van der Waals surface area (Å²) in [7, 11) is -1.10. The maximum atomic E-state index is 10.8. The molecule has 0 bridgehead atoms. The number of nitrogens with zero attached hydrogens (tertiary/aromatic N) is 1. The average molecular weight is 249 g/mol. The zero-order valence-electron chi connectivity index (χ0n) is 9.75. The Morgan fingerprint density at radius 3 is 2.50 bits per heavy atom. The van der Waals surface area contributed by atoms with Crippen molar-refractivity contribution in [3.63, 3.8) is 0 Å². The molecule has 0 heterocycles. The predicted molar refractivity (Wildman–Crippen MR) is 62.8 cm³/mol. The van der Waals surface area contributed by atoms with Crippen molar-refractivity contribution in [3.05, 3.63) is 0 Å². The number of rotatable bonds is 5. The molecule has 1 aliphatic carbocycles. The standard InChI is InChI=1S/C10H21N2O3P/c1-12(16(14)15)10(13)9(11)7-8-5-3-2-4-6-8/h8-10,13H,2-7,11H2,1H3/p+1/t9-,10?/m0/s1. The van der Waals surface area contributed by atoms with Crippen LogP contribution in [0.25, 0.3) is 0 Å². The van der Waals surface area contributed by atoms with Gasteiger partial charge in [-0.1, -0.05) is 32.1 Å². The van der Waals surface area contributed by atoms with Crippen LogP contribution in [0.2, 0.25) is 0 Å². The van der Waals surface area contributed by atoms with Gasteiger partial charge in [-0.15, -0.1) is 4.89 Å². The third-order valence-corrected chi connectivity index (χ3v) is 4.14. The van der Waals surface area contributed by atoms with Gasteiger partial charge in [0, 0.05) is 13.1 Å². The van der Waals surface area contributed by atoms with Crippen LogP contribution in [0.4, 0.5) is 0 Å². The van der Waals surface area contributed by atoms with Crippen LogP contribution in [0, 0.1) is 5.92 Å². The highest BCUT2D eigenvalue weighted by Crippen LogP contribution is 2.29. The van der Waals surface area contributed by atoms with Gasteiger partial charge < -0.3 is 10.8 Å². The van der Waals surface area contributed by atoms with Crippen LogP contribution >= 0.6 is 8.18 Å². The lowest BCUT2D eigenvalue weighted by Crippen LogP contribution is -2.44. The molecule has 0 aromatic heterocycles. The first-order valence-electron chi connectivity index (χ1n) is 5.85. The number of aliphatic hydroxyl groups excluding tert-OH is 1. The second-order valence-corrected chi connectivity index (χ2v) is 5.78. The third-order valence-electron chi connectivity index (χ3n) is 3.37. The number of hydrogen-bond acceptors (Lipinski definition) is 3. The summed E-state index contributed by atoms with van der Waals surface area (Å²) < 4.78 is 11.8. The first-order chi connectivity index (χ1) is 7.52. The zero-order chi connectivity index (χ0) is 12.1. The van der Waals surface area contributed by atoms with Crippen LogP contribution < -0.4 is 5.73 Å². The summed E-state index contributed by atoms with van der Waals surface area (Å²) in [5.41, 5.74) is 5.86. The molecule has 6 heteroatoms. The number of aliphatic hydroxyl groups is 1. The Hall–Kier alpha value is -0.0600. The average Bonchev–Trinajstić information content (AvgIpc) is 2.28. The van der Waals surface area contributed by atoms with Gasteiger partial charge in [0.05, 0.1) is 0 Å². The Labute approximate surface area is 97.6 Å². The van der Waals surface area contributed by atoms with Gasteiger partial charge >= 0.3 is 8.18 Å². The van der Waals surface area contributed by atoms with Gasteiger partial charge in [0.2, 0.25) is 0 Å². The lowest BCUT2D eigenvalue weighted by molar-refractivity contribution is 0.0394. The van der Waals surface area contributed by atoms with Gasteiger partial charge in [0.25, 0.3) is 0 Å². The van der Waals surface area contributed by atoms with Crippen molar-refractivity contribution < 1.29 is 14.6 Å². The maximum Gasteiger partial charge on any atom is 0.615 e. The zero-order valence-corrected chi connectivity index (χ0v) is 10.6.